The van der Waals surface area contributed by atoms with E-state index in [-0.39, 0.29) is 17.3 Å². The highest BCUT2D eigenvalue weighted by Gasteiger charge is 2.26. The van der Waals surface area contributed by atoms with Gasteiger partial charge in [0.15, 0.2) is 5.70 Å². The Morgan fingerprint density at radius 1 is 0.969 bits per heavy atom. The number of aliphatic imine (C=N–C) groups is 1. The van der Waals surface area contributed by atoms with Crippen LogP contribution in [0, 0.1) is 0 Å². The summed E-state index contributed by atoms with van der Waals surface area (Å²) in [6.07, 6.45) is 1.47. The molecule has 0 N–H and O–H groups in total. The van der Waals surface area contributed by atoms with Crippen molar-refractivity contribution >= 4 is 74.6 Å². The molecule has 0 saturated carbocycles. The molecule has 3 aromatic carbocycles. The second kappa shape index (κ2) is 9.46. The summed E-state index contributed by atoms with van der Waals surface area (Å²) in [6, 6.07) is 16.1. The molecule has 9 heteroatoms. The fourth-order valence-electron chi connectivity index (χ4n) is 2.80. The van der Waals surface area contributed by atoms with E-state index in [1.54, 1.807) is 54.6 Å². The van der Waals surface area contributed by atoms with Gasteiger partial charge in [0, 0.05) is 20.1 Å². The summed E-state index contributed by atoms with van der Waals surface area (Å²) in [6.45, 7) is 0. The maximum atomic E-state index is 12.5. The first kappa shape index (κ1) is 22.6. The molecule has 32 heavy (non-hydrogen) atoms. The third-order valence-corrected chi connectivity index (χ3v) is 5.62. The van der Waals surface area contributed by atoms with Gasteiger partial charge in [0.05, 0.1) is 16.1 Å². The van der Waals surface area contributed by atoms with E-state index in [0.29, 0.717) is 36.2 Å². The number of nitrogens with zero attached hydrogens (tertiary/aromatic N) is 1. The Bertz CT molecular complexity index is 1300. The van der Waals surface area contributed by atoms with Crippen molar-refractivity contribution in [2.45, 2.75) is 0 Å². The van der Waals surface area contributed by atoms with E-state index in [0.717, 1.165) is 0 Å². The molecule has 1 aliphatic heterocycles. The number of halogens is 4. The Morgan fingerprint density at radius 2 is 1.69 bits per heavy atom. The lowest BCUT2D eigenvalue weighted by Crippen LogP contribution is -2.09. The average Bonchev–Trinajstić information content (AvgIpc) is 3.10. The van der Waals surface area contributed by atoms with Gasteiger partial charge in [-0.25, -0.2) is 14.6 Å². The van der Waals surface area contributed by atoms with Crippen LogP contribution in [0.3, 0.4) is 0 Å². The van der Waals surface area contributed by atoms with Gasteiger partial charge in [-0.05, 0) is 66.7 Å². The fraction of sp³-hybridized carbons (Fsp3) is 0. The standard InChI is InChI=1S/C23H11BrCl3NO4/c24-14-3-8-20(31-22(29)12-1-4-15(25)5-2-12)13(9-14)10-19-23(30)32-21(28-19)17-7-6-16(26)11-18(17)27/h1-11H/b19-10+. The average molecular weight is 552 g/mol. The molecular formula is C23H11BrCl3NO4. The summed E-state index contributed by atoms with van der Waals surface area (Å²) in [5, 5.41) is 1.25. The first-order valence-electron chi connectivity index (χ1n) is 9.05. The van der Waals surface area contributed by atoms with Crippen molar-refractivity contribution in [2.24, 2.45) is 4.99 Å². The third-order valence-electron chi connectivity index (χ3n) is 4.33. The minimum Gasteiger partial charge on any atom is -0.422 e. The van der Waals surface area contributed by atoms with Crippen molar-refractivity contribution in [3.8, 4) is 5.75 Å². The van der Waals surface area contributed by atoms with E-state index in [4.69, 9.17) is 44.3 Å². The number of carbonyl (C=O) groups excluding carboxylic acids is 2. The number of hydrogen-bond donors (Lipinski definition) is 0. The highest BCUT2D eigenvalue weighted by Crippen LogP contribution is 2.30. The van der Waals surface area contributed by atoms with E-state index < -0.39 is 11.9 Å². The number of cyclic esters (lactones) is 1. The molecule has 0 atom stereocenters. The summed E-state index contributed by atoms with van der Waals surface area (Å²) in [5.74, 6) is -0.949. The van der Waals surface area contributed by atoms with Crippen LogP contribution in [0.2, 0.25) is 15.1 Å². The number of carbonyl (C=O) groups is 2. The third kappa shape index (κ3) is 5.05. The van der Waals surface area contributed by atoms with Crippen LogP contribution in [0.15, 0.2) is 75.8 Å². The maximum Gasteiger partial charge on any atom is 0.363 e. The lowest BCUT2D eigenvalue weighted by Gasteiger charge is -2.08. The Labute approximate surface area is 206 Å². The molecule has 0 radical (unpaired) electrons. The van der Waals surface area contributed by atoms with Gasteiger partial charge in [-0.1, -0.05) is 50.7 Å². The second-order valence-corrected chi connectivity index (χ2v) is 8.73. The highest BCUT2D eigenvalue weighted by atomic mass is 79.9. The van der Waals surface area contributed by atoms with E-state index in [2.05, 4.69) is 20.9 Å². The van der Waals surface area contributed by atoms with Crippen molar-refractivity contribution in [3.63, 3.8) is 0 Å². The molecule has 160 valence electrons. The van der Waals surface area contributed by atoms with Crippen LogP contribution >= 0.6 is 50.7 Å². The van der Waals surface area contributed by atoms with Gasteiger partial charge in [0.2, 0.25) is 5.90 Å². The van der Waals surface area contributed by atoms with Crippen molar-refractivity contribution in [1.82, 2.24) is 0 Å². The normalized spacial score (nSPS) is 14.3. The van der Waals surface area contributed by atoms with Crippen LogP contribution in [0.5, 0.6) is 5.75 Å². The molecule has 0 saturated heterocycles. The van der Waals surface area contributed by atoms with Crippen LogP contribution in [0.4, 0.5) is 0 Å². The Kier molecular flexibility index (Phi) is 6.67. The van der Waals surface area contributed by atoms with Gasteiger partial charge in [-0.3, -0.25) is 0 Å². The molecule has 0 unspecified atom stereocenters. The first-order chi connectivity index (χ1) is 15.3. The number of ether oxygens (including phenoxy) is 2. The van der Waals surface area contributed by atoms with Gasteiger partial charge in [0.1, 0.15) is 5.75 Å². The summed E-state index contributed by atoms with van der Waals surface area (Å²) >= 11 is 21.4. The topological polar surface area (TPSA) is 65.0 Å². The monoisotopic (exact) mass is 549 g/mol. The molecule has 0 fully saturated rings. The van der Waals surface area contributed by atoms with Crippen molar-refractivity contribution in [3.05, 3.63) is 103 Å². The molecule has 5 nitrogen and oxygen atoms in total. The van der Waals surface area contributed by atoms with Gasteiger partial charge in [-0.15, -0.1) is 0 Å². The van der Waals surface area contributed by atoms with Crippen LogP contribution < -0.4 is 4.74 Å². The molecule has 0 amide bonds. The number of benzene rings is 3. The lowest BCUT2D eigenvalue weighted by molar-refractivity contribution is -0.129. The minimum atomic E-state index is -0.666. The molecular weight excluding hydrogens is 541 g/mol. The Morgan fingerprint density at radius 3 is 2.41 bits per heavy atom. The van der Waals surface area contributed by atoms with Gasteiger partial charge >= 0.3 is 11.9 Å². The van der Waals surface area contributed by atoms with Crippen LogP contribution in [-0.4, -0.2) is 17.8 Å². The molecule has 0 spiro atoms. The Balaban J connectivity index is 1.66. The predicted octanol–water partition coefficient (Wildman–Crippen LogP) is 6.97. The molecule has 4 rings (SSSR count). The lowest BCUT2D eigenvalue weighted by atomic mass is 10.1. The number of esters is 2. The predicted molar refractivity (Wildman–Crippen MR) is 128 cm³/mol. The molecule has 3 aromatic rings. The quantitative estimate of drug-likeness (QED) is 0.200. The van der Waals surface area contributed by atoms with E-state index in [1.165, 1.54) is 12.1 Å². The zero-order valence-electron chi connectivity index (χ0n) is 15.9. The summed E-state index contributed by atoms with van der Waals surface area (Å²) in [7, 11) is 0. The fourth-order valence-corrected chi connectivity index (χ4v) is 3.80. The first-order valence-corrected chi connectivity index (χ1v) is 11.0. The van der Waals surface area contributed by atoms with E-state index in [9.17, 15) is 9.59 Å². The maximum absolute atomic E-state index is 12.5. The minimum absolute atomic E-state index is 0.0212. The molecule has 1 aliphatic rings. The Hall–Kier alpha value is -2.64. The van der Waals surface area contributed by atoms with Gasteiger partial charge in [0.25, 0.3) is 0 Å². The number of hydrogen-bond acceptors (Lipinski definition) is 5. The van der Waals surface area contributed by atoms with Gasteiger partial charge in [-0.2, -0.15) is 0 Å². The van der Waals surface area contributed by atoms with Crippen LogP contribution in [0.25, 0.3) is 6.08 Å². The zero-order chi connectivity index (χ0) is 22.8. The largest absolute Gasteiger partial charge is 0.422 e. The smallest absolute Gasteiger partial charge is 0.363 e. The van der Waals surface area contributed by atoms with Crippen molar-refractivity contribution in [1.29, 1.82) is 0 Å². The van der Waals surface area contributed by atoms with Crippen LogP contribution in [-0.2, 0) is 9.53 Å². The highest BCUT2D eigenvalue weighted by molar-refractivity contribution is 9.10. The summed E-state index contributed by atoms with van der Waals surface area (Å²) in [4.78, 5) is 29.2. The summed E-state index contributed by atoms with van der Waals surface area (Å²) < 4.78 is 11.5. The zero-order valence-corrected chi connectivity index (χ0v) is 19.8. The molecule has 0 aromatic heterocycles. The SMILES string of the molecule is O=C1OC(c2ccc(Cl)cc2Cl)=N/C1=C/c1cc(Br)ccc1OC(=O)c1ccc(Cl)cc1. The van der Waals surface area contributed by atoms with Crippen molar-refractivity contribution < 1.29 is 19.1 Å². The van der Waals surface area contributed by atoms with Crippen LogP contribution in [0.1, 0.15) is 21.5 Å². The molecule has 1 heterocycles. The summed E-state index contributed by atoms with van der Waals surface area (Å²) in [5.41, 5.74) is 1.22. The molecule has 0 aliphatic carbocycles. The second-order valence-electron chi connectivity index (χ2n) is 6.54. The number of rotatable bonds is 4. The van der Waals surface area contributed by atoms with Gasteiger partial charge < -0.3 is 9.47 Å². The van der Waals surface area contributed by atoms with E-state index >= 15 is 0 Å². The van der Waals surface area contributed by atoms with E-state index in [1.807, 2.05) is 0 Å². The molecule has 0 bridgehead atoms. The van der Waals surface area contributed by atoms with Crippen molar-refractivity contribution in [2.75, 3.05) is 0 Å².